The molecule has 1 saturated carbocycles. The zero-order valence-corrected chi connectivity index (χ0v) is 21.0. The van der Waals surface area contributed by atoms with Gasteiger partial charge in [-0.2, -0.15) is 0 Å². The Kier molecular flexibility index (Phi) is 6.89. The normalized spacial score (nSPS) is 21.9. The number of carbonyl (C=O) groups is 4. The Morgan fingerprint density at radius 1 is 1.06 bits per heavy atom. The highest BCUT2D eigenvalue weighted by Gasteiger charge is 2.50. The van der Waals surface area contributed by atoms with E-state index in [0.717, 1.165) is 22.0 Å². The summed E-state index contributed by atoms with van der Waals surface area (Å²) in [5.41, 5.74) is 3.02. The first-order chi connectivity index (χ1) is 16.2. The lowest BCUT2D eigenvalue weighted by Gasteiger charge is -2.25. The van der Waals surface area contributed by atoms with Crippen LogP contribution >= 0.6 is 15.9 Å². The third-order valence-corrected chi connectivity index (χ3v) is 7.50. The number of nitrogens with one attached hydrogen (secondary N) is 1. The number of hydrogen-bond donors (Lipinski definition) is 1. The van der Waals surface area contributed by atoms with Crippen molar-refractivity contribution < 1.29 is 23.9 Å². The molecule has 1 N–H and O–H groups in total. The van der Waals surface area contributed by atoms with E-state index in [1.54, 1.807) is 12.1 Å². The fourth-order valence-electron chi connectivity index (χ4n) is 4.73. The quantitative estimate of drug-likeness (QED) is 0.446. The van der Waals surface area contributed by atoms with E-state index in [0.29, 0.717) is 30.1 Å². The Labute approximate surface area is 207 Å². The van der Waals surface area contributed by atoms with Crippen LogP contribution in [0.15, 0.2) is 40.9 Å². The molecule has 1 heterocycles. The van der Waals surface area contributed by atoms with Crippen molar-refractivity contribution in [2.75, 3.05) is 16.8 Å². The molecule has 3 atom stereocenters. The molecular weight excluding hydrogens is 500 g/mol. The van der Waals surface area contributed by atoms with E-state index in [9.17, 15) is 19.2 Å². The average Bonchev–Trinajstić information content (AvgIpc) is 3.05. The van der Waals surface area contributed by atoms with Crippen LogP contribution in [0.5, 0.6) is 0 Å². The molecule has 2 aromatic rings. The van der Waals surface area contributed by atoms with E-state index >= 15 is 0 Å². The number of rotatable bonds is 5. The van der Waals surface area contributed by atoms with Crippen molar-refractivity contribution in [3.8, 4) is 0 Å². The minimum absolute atomic E-state index is 0.171. The third-order valence-electron chi connectivity index (χ3n) is 6.64. The van der Waals surface area contributed by atoms with Crippen LogP contribution in [0.1, 0.15) is 47.7 Å². The summed E-state index contributed by atoms with van der Waals surface area (Å²) in [6.07, 6.45) is 2.35. The van der Waals surface area contributed by atoms with Gasteiger partial charge in [-0.05, 0) is 80.5 Å². The Morgan fingerprint density at radius 2 is 1.79 bits per heavy atom. The number of nitrogens with zero attached hydrogens (tertiary/aromatic N) is 1. The molecule has 0 radical (unpaired) electrons. The molecule has 2 aromatic carbocycles. The van der Waals surface area contributed by atoms with Gasteiger partial charge in [-0.15, -0.1) is 0 Å². The lowest BCUT2D eigenvalue weighted by Crippen LogP contribution is -2.31. The second kappa shape index (κ2) is 9.70. The smallest absolute Gasteiger partial charge is 0.338 e. The van der Waals surface area contributed by atoms with Gasteiger partial charge in [0.05, 0.1) is 23.1 Å². The van der Waals surface area contributed by atoms with Gasteiger partial charge in [-0.3, -0.25) is 19.3 Å². The van der Waals surface area contributed by atoms with Gasteiger partial charge in [0.2, 0.25) is 11.8 Å². The first kappa shape index (κ1) is 24.1. The van der Waals surface area contributed by atoms with Crippen LogP contribution in [-0.4, -0.2) is 30.3 Å². The number of imide groups is 1. The van der Waals surface area contributed by atoms with Crippen molar-refractivity contribution >= 4 is 51.0 Å². The number of halogens is 1. The van der Waals surface area contributed by atoms with Crippen molar-refractivity contribution in [3.05, 3.63) is 57.6 Å². The standard InChI is InChI=1S/C26H27BrN2O5/c1-14-7-8-19-20(9-14)25(32)29(24(19)31)18-6-4-5-17(12-18)26(33)34-13-23(30)28-22-11-15(2)21(27)10-16(22)3/h4-6,10-12,14,19-20H,7-9,13H2,1-3H3,(H,28,30)/t14-,19-,20-/m1/s1. The Bertz CT molecular complexity index is 1180. The number of carbonyl (C=O) groups excluding carboxylic acids is 4. The summed E-state index contributed by atoms with van der Waals surface area (Å²) in [4.78, 5) is 52.0. The van der Waals surface area contributed by atoms with Crippen molar-refractivity contribution in [2.24, 2.45) is 17.8 Å². The molecule has 4 rings (SSSR count). The Hall–Kier alpha value is -3.00. The molecule has 2 fully saturated rings. The molecule has 0 spiro atoms. The SMILES string of the molecule is Cc1cc(NC(=O)COC(=O)c2cccc(N3C(=O)[C@@H]4CC[C@@H](C)C[C@H]4C3=O)c2)c(C)cc1Br. The fraction of sp³-hybridized carbons (Fsp3) is 0.385. The van der Waals surface area contributed by atoms with Gasteiger partial charge in [-0.1, -0.05) is 28.9 Å². The summed E-state index contributed by atoms with van der Waals surface area (Å²) in [5, 5.41) is 2.75. The summed E-state index contributed by atoms with van der Waals surface area (Å²) in [6, 6.07) is 9.99. The molecule has 8 heteroatoms. The van der Waals surface area contributed by atoms with Crippen LogP contribution < -0.4 is 10.2 Å². The molecule has 1 saturated heterocycles. The van der Waals surface area contributed by atoms with Gasteiger partial charge < -0.3 is 10.1 Å². The van der Waals surface area contributed by atoms with E-state index in [1.807, 2.05) is 26.0 Å². The number of esters is 1. The number of ether oxygens (including phenoxy) is 1. The molecule has 1 aliphatic carbocycles. The van der Waals surface area contributed by atoms with Crippen LogP contribution in [0.25, 0.3) is 0 Å². The molecule has 0 aromatic heterocycles. The molecule has 0 unspecified atom stereocenters. The second-order valence-electron chi connectivity index (χ2n) is 9.23. The zero-order valence-electron chi connectivity index (χ0n) is 19.4. The van der Waals surface area contributed by atoms with Gasteiger partial charge in [0.25, 0.3) is 5.91 Å². The predicted octanol–water partition coefficient (Wildman–Crippen LogP) is 4.79. The molecule has 1 aliphatic heterocycles. The molecular formula is C26H27BrN2O5. The number of hydrogen-bond acceptors (Lipinski definition) is 5. The Balaban J connectivity index is 1.41. The third kappa shape index (κ3) is 4.78. The largest absolute Gasteiger partial charge is 0.452 e. The van der Waals surface area contributed by atoms with Crippen LogP contribution in [0.2, 0.25) is 0 Å². The van der Waals surface area contributed by atoms with Gasteiger partial charge >= 0.3 is 5.97 Å². The summed E-state index contributed by atoms with van der Waals surface area (Å²) in [7, 11) is 0. The molecule has 0 bridgehead atoms. The number of fused-ring (bicyclic) bond motifs is 1. The maximum Gasteiger partial charge on any atom is 0.338 e. The molecule has 34 heavy (non-hydrogen) atoms. The predicted molar refractivity (Wildman–Crippen MR) is 131 cm³/mol. The van der Waals surface area contributed by atoms with E-state index < -0.39 is 18.5 Å². The summed E-state index contributed by atoms with van der Waals surface area (Å²) in [5.74, 6) is -1.73. The summed E-state index contributed by atoms with van der Waals surface area (Å²) in [6.45, 7) is 5.43. The van der Waals surface area contributed by atoms with Gasteiger partial charge in [-0.25, -0.2) is 4.79 Å². The van der Waals surface area contributed by atoms with Crippen molar-refractivity contribution in [1.82, 2.24) is 0 Å². The first-order valence-corrected chi connectivity index (χ1v) is 12.2. The second-order valence-corrected chi connectivity index (χ2v) is 10.1. The maximum atomic E-state index is 13.0. The van der Waals surface area contributed by atoms with Crippen molar-refractivity contribution in [3.63, 3.8) is 0 Å². The van der Waals surface area contributed by atoms with Crippen molar-refractivity contribution in [1.29, 1.82) is 0 Å². The lowest BCUT2D eigenvalue weighted by molar-refractivity contribution is -0.122. The summed E-state index contributed by atoms with van der Waals surface area (Å²) >= 11 is 3.45. The topological polar surface area (TPSA) is 92.8 Å². The van der Waals surface area contributed by atoms with Gasteiger partial charge in [0.15, 0.2) is 6.61 Å². The van der Waals surface area contributed by atoms with E-state index in [-0.39, 0.29) is 29.2 Å². The van der Waals surface area contributed by atoms with E-state index in [4.69, 9.17) is 4.74 Å². The highest BCUT2D eigenvalue weighted by atomic mass is 79.9. The summed E-state index contributed by atoms with van der Waals surface area (Å²) < 4.78 is 6.13. The van der Waals surface area contributed by atoms with Gasteiger partial charge in [0, 0.05) is 10.2 Å². The highest BCUT2D eigenvalue weighted by Crippen LogP contribution is 2.42. The lowest BCUT2D eigenvalue weighted by atomic mass is 9.76. The van der Waals surface area contributed by atoms with E-state index in [2.05, 4.69) is 28.2 Å². The highest BCUT2D eigenvalue weighted by molar-refractivity contribution is 9.10. The molecule has 178 valence electrons. The van der Waals surface area contributed by atoms with Crippen molar-refractivity contribution in [2.45, 2.75) is 40.0 Å². The molecule has 3 amide bonds. The van der Waals surface area contributed by atoms with Crippen LogP contribution in [-0.2, 0) is 19.1 Å². The minimum Gasteiger partial charge on any atom is -0.452 e. The number of amides is 3. The van der Waals surface area contributed by atoms with Gasteiger partial charge in [0.1, 0.15) is 0 Å². The first-order valence-electron chi connectivity index (χ1n) is 11.4. The number of aryl methyl sites for hydroxylation is 2. The number of benzene rings is 2. The average molecular weight is 527 g/mol. The maximum absolute atomic E-state index is 13.0. The zero-order chi connectivity index (χ0) is 24.6. The Morgan fingerprint density at radius 3 is 2.56 bits per heavy atom. The van der Waals surface area contributed by atoms with E-state index in [1.165, 1.54) is 17.0 Å². The number of anilines is 2. The fourth-order valence-corrected chi connectivity index (χ4v) is 5.19. The molecule has 7 nitrogen and oxygen atoms in total. The molecule has 2 aliphatic rings. The minimum atomic E-state index is -0.703. The van der Waals surface area contributed by atoms with Crippen LogP contribution in [0.3, 0.4) is 0 Å². The van der Waals surface area contributed by atoms with Crippen LogP contribution in [0.4, 0.5) is 11.4 Å². The monoisotopic (exact) mass is 526 g/mol. The van der Waals surface area contributed by atoms with Crippen LogP contribution in [0, 0.1) is 31.6 Å².